The number of hydrogen-bond acceptors (Lipinski definition) is 3. The quantitative estimate of drug-likeness (QED) is 0.473. The first kappa shape index (κ1) is 15.3. The Bertz CT molecular complexity index is 647. The van der Waals surface area contributed by atoms with Gasteiger partial charge in [-0.15, -0.1) is 0 Å². The van der Waals surface area contributed by atoms with E-state index in [-0.39, 0.29) is 6.61 Å². The van der Waals surface area contributed by atoms with E-state index in [1.807, 2.05) is 25.1 Å². The normalized spacial score (nSPS) is 10.2. The van der Waals surface area contributed by atoms with Crippen molar-refractivity contribution in [3.05, 3.63) is 59.1 Å². The van der Waals surface area contributed by atoms with Gasteiger partial charge in [0.1, 0.15) is 0 Å². The van der Waals surface area contributed by atoms with Gasteiger partial charge in [-0.2, -0.15) is 0 Å². The Balaban J connectivity index is 2.18. The minimum atomic E-state index is -0.817. The van der Waals surface area contributed by atoms with Gasteiger partial charge >= 0.3 is 5.97 Å². The number of rotatable bonds is 5. The summed E-state index contributed by atoms with van der Waals surface area (Å²) in [6, 6.07) is 14.2. The second-order valence-electron chi connectivity index (χ2n) is 4.52. The topological polar surface area (TPSA) is 43.4 Å². The number of esters is 1. The zero-order valence-electron chi connectivity index (χ0n) is 11.6. The molecule has 0 bridgehead atoms. The third-order valence-electron chi connectivity index (χ3n) is 2.95. The summed E-state index contributed by atoms with van der Waals surface area (Å²) in [6.45, 7) is 2.12. The molecule has 0 saturated carbocycles. The zero-order chi connectivity index (χ0) is 15.2. The van der Waals surface area contributed by atoms with E-state index in [2.05, 4.69) is 0 Å². The summed E-state index contributed by atoms with van der Waals surface area (Å²) in [7, 11) is 0. The number of ketones is 1. The van der Waals surface area contributed by atoms with Crippen LogP contribution in [0.5, 0.6) is 0 Å². The van der Waals surface area contributed by atoms with Gasteiger partial charge in [-0.1, -0.05) is 61.0 Å². The van der Waals surface area contributed by atoms with Crippen molar-refractivity contribution >= 4 is 23.4 Å². The fourth-order valence-corrected chi connectivity index (χ4v) is 2.12. The van der Waals surface area contributed by atoms with Crippen molar-refractivity contribution in [1.29, 1.82) is 0 Å². The highest BCUT2D eigenvalue weighted by molar-refractivity contribution is 6.40. The molecule has 0 unspecified atom stereocenters. The molecule has 0 heterocycles. The molecule has 0 fully saturated rings. The van der Waals surface area contributed by atoms with Crippen molar-refractivity contribution in [2.75, 3.05) is 6.61 Å². The maximum atomic E-state index is 11.9. The highest BCUT2D eigenvalue weighted by Crippen LogP contribution is 2.27. The van der Waals surface area contributed by atoms with Crippen molar-refractivity contribution < 1.29 is 14.3 Å². The molecule has 0 saturated heterocycles. The Labute approximate surface area is 128 Å². The van der Waals surface area contributed by atoms with Crippen molar-refractivity contribution in [1.82, 2.24) is 0 Å². The van der Waals surface area contributed by atoms with E-state index in [0.717, 1.165) is 11.1 Å². The lowest BCUT2D eigenvalue weighted by Crippen LogP contribution is -2.17. The second kappa shape index (κ2) is 7.04. The van der Waals surface area contributed by atoms with Crippen LogP contribution in [0.15, 0.2) is 48.5 Å². The van der Waals surface area contributed by atoms with Crippen LogP contribution in [0.25, 0.3) is 11.1 Å². The number of halogens is 1. The number of carbonyl (C=O) groups is 2. The van der Waals surface area contributed by atoms with Crippen molar-refractivity contribution in [3.8, 4) is 11.1 Å². The van der Waals surface area contributed by atoms with E-state index in [1.54, 1.807) is 30.3 Å². The van der Waals surface area contributed by atoms with Crippen LogP contribution >= 0.6 is 11.6 Å². The van der Waals surface area contributed by atoms with Gasteiger partial charge in [0.2, 0.25) is 0 Å². The molecule has 0 spiro atoms. The van der Waals surface area contributed by atoms with Gasteiger partial charge in [-0.3, -0.25) is 4.79 Å². The first-order chi connectivity index (χ1) is 10.1. The molecule has 0 aromatic heterocycles. The Morgan fingerprint density at radius 3 is 2.33 bits per heavy atom. The van der Waals surface area contributed by atoms with Crippen LogP contribution < -0.4 is 0 Å². The number of carbonyl (C=O) groups excluding carboxylic acids is 2. The lowest BCUT2D eigenvalue weighted by molar-refractivity contribution is -0.138. The minimum absolute atomic E-state index is 0.252. The number of hydrogen-bond donors (Lipinski definition) is 0. The summed E-state index contributed by atoms with van der Waals surface area (Å²) in [5.41, 5.74) is 2.08. The summed E-state index contributed by atoms with van der Waals surface area (Å²) in [5, 5.41) is 0.638. The monoisotopic (exact) mass is 302 g/mol. The first-order valence-electron chi connectivity index (χ1n) is 6.70. The Morgan fingerprint density at radius 1 is 1.05 bits per heavy atom. The molecule has 0 amide bonds. The molecule has 0 aliphatic carbocycles. The molecule has 21 heavy (non-hydrogen) atoms. The smallest absolute Gasteiger partial charge is 0.379 e. The van der Waals surface area contributed by atoms with Crippen LogP contribution in [0.1, 0.15) is 23.7 Å². The van der Waals surface area contributed by atoms with Crippen LogP contribution in [-0.4, -0.2) is 18.4 Å². The van der Waals surface area contributed by atoms with Gasteiger partial charge in [0.25, 0.3) is 5.78 Å². The largest absolute Gasteiger partial charge is 0.460 e. The molecular formula is C17H15ClO3. The van der Waals surface area contributed by atoms with Gasteiger partial charge in [0.05, 0.1) is 6.61 Å². The fourth-order valence-electron chi connectivity index (χ4n) is 1.87. The number of ether oxygens (including phenoxy) is 1. The molecule has 4 heteroatoms. The van der Waals surface area contributed by atoms with Crippen molar-refractivity contribution in [2.45, 2.75) is 13.3 Å². The lowest BCUT2D eigenvalue weighted by Gasteiger charge is -2.06. The van der Waals surface area contributed by atoms with E-state index in [9.17, 15) is 9.59 Å². The first-order valence-corrected chi connectivity index (χ1v) is 7.07. The predicted molar refractivity (Wildman–Crippen MR) is 82.5 cm³/mol. The van der Waals surface area contributed by atoms with Crippen LogP contribution in [0.4, 0.5) is 0 Å². The predicted octanol–water partition coefficient (Wildman–Crippen LogP) is 4.14. The second-order valence-corrected chi connectivity index (χ2v) is 4.93. The number of Topliss-reactive ketones (excluding diaryl/α,β-unsaturated/α-hetero) is 1. The van der Waals surface area contributed by atoms with E-state index in [0.29, 0.717) is 17.0 Å². The maximum absolute atomic E-state index is 11.9. The molecule has 0 atom stereocenters. The minimum Gasteiger partial charge on any atom is -0.460 e. The molecule has 2 aromatic rings. The summed E-state index contributed by atoms with van der Waals surface area (Å²) < 4.78 is 4.83. The standard InChI is InChI=1S/C17H15ClO3/c1-2-11-21-17(20)16(19)13-9-7-12(8-10-13)14-5-3-4-6-15(14)18/h3-10H,2,11H2,1H3. The third-order valence-corrected chi connectivity index (χ3v) is 3.28. The Hall–Kier alpha value is -2.13. The molecule has 108 valence electrons. The van der Waals surface area contributed by atoms with Crippen LogP contribution in [0.2, 0.25) is 5.02 Å². The van der Waals surface area contributed by atoms with Gasteiger partial charge in [-0.25, -0.2) is 4.79 Å². The van der Waals surface area contributed by atoms with Gasteiger partial charge in [0, 0.05) is 16.1 Å². The average molecular weight is 303 g/mol. The third kappa shape index (κ3) is 3.70. The van der Waals surface area contributed by atoms with Gasteiger partial charge < -0.3 is 4.74 Å². The fraction of sp³-hybridized carbons (Fsp3) is 0.176. The highest BCUT2D eigenvalue weighted by atomic mass is 35.5. The van der Waals surface area contributed by atoms with Crippen molar-refractivity contribution in [3.63, 3.8) is 0 Å². The van der Waals surface area contributed by atoms with Crippen LogP contribution in [-0.2, 0) is 9.53 Å². The molecule has 3 nitrogen and oxygen atoms in total. The van der Waals surface area contributed by atoms with E-state index in [4.69, 9.17) is 16.3 Å². The molecular weight excluding hydrogens is 288 g/mol. The summed E-state index contributed by atoms with van der Waals surface area (Å²) in [5.74, 6) is -1.45. The van der Waals surface area contributed by atoms with Crippen LogP contribution in [0, 0.1) is 0 Å². The van der Waals surface area contributed by atoms with Gasteiger partial charge in [-0.05, 0) is 18.1 Å². The highest BCUT2D eigenvalue weighted by Gasteiger charge is 2.17. The van der Waals surface area contributed by atoms with E-state index in [1.165, 1.54) is 0 Å². The molecule has 0 aliphatic rings. The Morgan fingerprint density at radius 2 is 1.71 bits per heavy atom. The van der Waals surface area contributed by atoms with E-state index >= 15 is 0 Å². The summed E-state index contributed by atoms with van der Waals surface area (Å²) in [4.78, 5) is 23.4. The summed E-state index contributed by atoms with van der Waals surface area (Å²) >= 11 is 6.13. The van der Waals surface area contributed by atoms with E-state index < -0.39 is 11.8 Å². The summed E-state index contributed by atoms with van der Waals surface area (Å²) in [6.07, 6.45) is 0.685. The molecule has 0 aliphatic heterocycles. The zero-order valence-corrected chi connectivity index (χ0v) is 12.4. The molecule has 0 radical (unpaired) electrons. The van der Waals surface area contributed by atoms with Crippen molar-refractivity contribution in [2.24, 2.45) is 0 Å². The number of benzene rings is 2. The average Bonchev–Trinajstić information content (AvgIpc) is 2.52. The maximum Gasteiger partial charge on any atom is 0.379 e. The molecule has 0 N–H and O–H groups in total. The lowest BCUT2D eigenvalue weighted by atomic mass is 10.0. The SMILES string of the molecule is CCCOC(=O)C(=O)c1ccc(-c2ccccc2Cl)cc1. The molecule has 2 aromatic carbocycles. The van der Waals surface area contributed by atoms with Crippen LogP contribution in [0.3, 0.4) is 0 Å². The molecule has 2 rings (SSSR count). The Kier molecular flexibility index (Phi) is 5.12. The van der Waals surface area contributed by atoms with Gasteiger partial charge in [0.15, 0.2) is 0 Å².